The zero-order valence-corrected chi connectivity index (χ0v) is 17.8. The maximum Gasteiger partial charge on any atom is 0.267 e. The smallest absolute Gasteiger partial charge is 0.245 e. The number of hydrogen-bond acceptors (Lipinski definition) is 6. The van der Waals surface area contributed by atoms with Crippen molar-refractivity contribution in [2.75, 3.05) is 0 Å². The lowest BCUT2D eigenvalue weighted by Gasteiger charge is -2.03. The summed E-state index contributed by atoms with van der Waals surface area (Å²) in [5.41, 5.74) is 2.51. The van der Waals surface area contributed by atoms with Crippen LogP contribution in [0.1, 0.15) is 40.8 Å². The van der Waals surface area contributed by atoms with Crippen LogP contribution in [0, 0.1) is 0 Å². The van der Waals surface area contributed by atoms with Gasteiger partial charge in [-0.2, -0.15) is 0 Å². The van der Waals surface area contributed by atoms with Crippen molar-refractivity contribution in [3.05, 3.63) is 88.1 Å². The van der Waals surface area contributed by atoms with Gasteiger partial charge in [-0.25, -0.2) is 23.1 Å². The Balaban J connectivity index is 1.39. The molecular formula is C22H20N4O2S2. The van der Waals surface area contributed by atoms with Gasteiger partial charge in [0, 0.05) is 17.7 Å². The average Bonchev–Trinajstić information content (AvgIpc) is 3.34. The highest BCUT2D eigenvalue weighted by Gasteiger charge is 2.33. The highest BCUT2D eigenvalue weighted by atomic mass is 32.2. The van der Waals surface area contributed by atoms with Crippen LogP contribution in [-0.2, 0) is 22.0 Å². The third-order valence-corrected chi connectivity index (χ3v) is 7.27. The van der Waals surface area contributed by atoms with Gasteiger partial charge in [-0.05, 0) is 30.5 Å². The van der Waals surface area contributed by atoms with E-state index in [9.17, 15) is 8.42 Å². The predicted molar refractivity (Wildman–Crippen MR) is 116 cm³/mol. The van der Waals surface area contributed by atoms with Crippen LogP contribution >= 0.6 is 11.3 Å². The Kier molecular flexibility index (Phi) is 4.96. The van der Waals surface area contributed by atoms with Crippen molar-refractivity contribution in [3.63, 3.8) is 0 Å². The highest BCUT2D eigenvalue weighted by molar-refractivity contribution is 7.90. The molecule has 1 aliphatic rings. The van der Waals surface area contributed by atoms with Crippen molar-refractivity contribution in [1.29, 1.82) is 0 Å². The van der Waals surface area contributed by atoms with Crippen LogP contribution in [0.3, 0.4) is 0 Å². The number of thiazole rings is 1. The third-order valence-electron chi connectivity index (χ3n) is 4.97. The summed E-state index contributed by atoms with van der Waals surface area (Å²) in [6.07, 6.45) is 2.72. The maximum atomic E-state index is 13.0. The molecule has 0 bridgehead atoms. The van der Waals surface area contributed by atoms with E-state index < -0.39 is 9.84 Å². The summed E-state index contributed by atoms with van der Waals surface area (Å²) in [5.74, 6) is 0.808. The zero-order chi connectivity index (χ0) is 20.6. The quantitative estimate of drug-likeness (QED) is 0.435. The SMILES string of the molecule is O=S(=O)(Cc1csc(Cc2ccccc2)n1)c1nc(C2CC2)n(-c2ccccc2)n1. The molecule has 2 aromatic heterocycles. The van der Waals surface area contributed by atoms with E-state index >= 15 is 0 Å². The molecule has 0 unspecified atom stereocenters. The van der Waals surface area contributed by atoms with E-state index in [1.807, 2.05) is 66.0 Å². The molecule has 30 heavy (non-hydrogen) atoms. The van der Waals surface area contributed by atoms with Crippen molar-refractivity contribution in [3.8, 4) is 5.69 Å². The monoisotopic (exact) mass is 436 g/mol. The Bertz CT molecular complexity index is 1260. The highest BCUT2D eigenvalue weighted by Crippen LogP contribution is 2.40. The number of para-hydroxylation sites is 1. The van der Waals surface area contributed by atoms with Gasteiger partial charge < -0.3 is 0 Å². The molecule has 152 valence electrons. The molecule has 0 amide bonds. The second kappa shape index (κ2) is 7.77. The first-order valence-electron chi connectivity index (χ1n) is 9.81. The lowest BCUT2D eigenvalue weighted by molar-refractivity contribution is 0.585. The summed E-state index contributed by atoms with van der Waals surface area (Å²) in [4.78, 5) is 8.96. The minimum absolute atomic E-state index is 0.120. The van der Waals surface area contributed by atoms with E-state index in [0.29, 0.717) is 12.1 Å². The molecular weight excluding hydrogens is 416 g/mol. The first-order valence-corrected chi connectivity index (χ1v) is 12.3. The Morgan fingerprint density at radius 2 is 1.67 bits per heavy atom. The lowest BCUT2D eigenvalue weighted by atomic mass is 10.2. The summed E-state index contributed by atoms with van der Waals surface area (Å²) >= 11 is 1.48. The first-order chi connectivity index (χ1) is 14.6. The van der Waals surface area contributed by atoms with Gasteiger partial charge in [-0.15, -0.1) is 16.4 Å². The Morgan fingerprint density at radius 3 is 2.37 bits per heavy atom. The van der Waals surface area contributed by atoms with Crippen LogP contribution in [0.4, 0.5) is 0 Å². The Labute approximate surface area is 179 Å². The molecule has 2 heterocycles. The first kappa shape index (κ1) is 19.1. The van der Waals surface area contributed by atoms with Crippen molar-refractivity contribution >= 4 is 21.2 Å². The molecule has 0 spiro atoms. The molecule has 0 aliphatic heterocycles. The molecule has 1 fully saturated rings. The number of sulfone groups is 1. The van der Waals surface area contributed by atoms with Crippen LogP contribution in [0.15, 0.2) is 71.2 Å². The van der Waals surface area contributed by atoms with Gasteiger partial charge in [0.2, 0.25) is 9.84 Å². The van der Waals surface area contributed by atoms with Gasteiger partial charge in [-0.3, -0.25) is 0 Å². The maximum absolute atomic E-state index is 13.0. The minimum Gasteiger partial charge on any atom is -0.245 e. The van der Waals surface area contributed by atoms with Gasteiger partial charge >= 0.3 is 0 Å². The van der Waals surface area contributed by atoms with E-state index in [2.05, 4.69) is 15.1 Å². The van der Waals surface area contributed by atoms with E-state index in [4.69, 9.17) is 0 Å². The van der Waals surface area contributed by atoms with E-state index in [0.717, 1.165) is 34.9 Å². The standard InChI is InChI=1S/C22H20N4O2S2/c27-30(28,15-18-14-29-20(23-18)13-16-7-3-1-4-8-16)22-24-21(17-11-12-17)26(25-22)19-9-5-2-6-10-19/h1-10,14,17H,11-13,15H2. The molecule has 4 aromatic rings. The van der Waals surface area contributed by atoms with Gasteiger partial charge in [0.1, 0.15) is 11.6 Å². The summed E-state index contributed by atoms with van der Waals surface area (Å²) in [6.45, 7) is 0. The summed E-state index contributed by atoms with van der Waals surface area (Å²) in [7, 11) is -3.69. The van der Waals surface area contributed by atoms with Gasteiger partial charge in [0.25, 0.3) is 5.16 Å². The lowest BCUT2D eigenvalue weighted by Crippen LogP contribution is -2.08. The summed E-state index contributed by atoms with van der Waals surface area (Å²) < 4.78 is 27.7. The van der Waals surface area contributed by atoms with Gasteiger partial charge in [0.15, 0.2) is 0 Å². The minimum atomic E-state index is -3.69. The molecule has 0 N–H and O–H groups in total. The number of nitrogens with zero attached hydrogens (tertiary/aromatic N) is 4. The largest absolute Gasteiger partial charge is 0.267 e. The number of aromatic nitrogens is 4. The fourth-order valence-corrected chi connectivity index (χ4v) is 5.37. The molecule has 5 rings (SSSR count). The number of benzene rings is 2. The van der Waals surface area contributed by atoms with Gasteiger partial charge in [-0.1, -0.05) is 48.5 Å². The average molecular weight is 437 g/mol. The van der Waals surface area contributed by atoms with Gasteiger partial charge in [0.05, 0.1) is 16.4 Å². The topological polar surface area (TPSA) is 77.7 Å². The molecule has 8 heteroatoms. The van der Waals surface area contributed by atoms with Crippen LogP contribution < -0.4 is 0 Å². The molecule has 0 atom stereocenters. The number of hydrogen-bond donors (Lipinski definition) is 0. The summed E-state index contributed by atoms with van der Waals surface area (Å²) in [6, 6.07) is 19.6. The third kappa shape index (κ3) is 4.06. The normalized spacial score (nSPS) is 14.1. The number of rotatable bonds is 7. The summed E-state index contributed by atoms with van der Waals surface area (Å²) in [5, 5.41) is 6.97. The second-order valence-electron chi connectivity index (χ2n) is 7.43. The Morgan fingerprint density at radius 1 is 0.967 bits per heavy atom. The second-order valence-corrected chi connectivity index (χ2v) is 10.3. The van der Waals surface area contributed by atoms with Crippen molar-refractivity contribution < 1.29 is 8.42 Å². The van der Waals surface area contributed by atoms with Crippen molar-refractivity contribution in [2.24, 2.45) is 0 Å². The predicted octanol–water partition coefficient (Wildman–Crippen LogP) is 4.17. The van der Waals surface area contributed by atoms with Crippen LogP contribution in [0.5, 0.6) is 0 Å². The van der Waals surface area contributed by atoms with Crippen LogP contribution in [0.25, 0.3) is 5.69 Å². The molecule has 6 nitrogen and oxygen atoms in total. The van der Waals surface area contributed by atoms with Crippen LogP contribution in [-0.4, -0.2) is 28.2 Å². The van der Waals surface area contributed by atoms with Crippen LogP contribution in [0.2, 0.25) is 0 Å². The van der Waals surface area contributed by atoms with E-state index in [1.165, 1.54) is 11.3 Å². The molecule has 0 radical (unpaired) electrons. The molecule has 2 aromatic carbocycles. The molecule has 1 saturated carbocycles. The van der Waals surface area contributed by atoms with E-state index in [1.54, 1.807) is 4.68 Å². The molecule has 0 saturated heterocycles. The Hall–Kier alpha value is -2.84. The van der Waals surface area contributed by atoms with Crippen molar-refractivity contribution in [2.45, 2.75) is 36.1 Å². The zero-order valence-electron chi connectivity index (χ0n) is 16.2. The van der Waals surface area contributed by atoms with Crippen molar-refractivity contribution in [1.82, 2.24) is 19.7 Å². The molecule has 1 aliphatic carbocycles. The fourth-order valence-electron chi connectivity index (χ4n) is 3.33. The van der Waals surface area contributed by atoms with E-state index in [-0.39, 0.29) is 16.8 Å². The fraction of sp³-hybridized carbons (Fsp3) is 0.227.